The first kappa shape index (κ1) is 21.2. The van der Waals surface area contributed by atoms with Gasteiger partial charge >= 0.3 is 0 Å². The third kappa shape index (κ3) is 4.21. The Kier molecular flexibility index (Phi) is 5.83. The maximum absolute atomic E-state index is 12.9. The van der Waals surface area contributed by atoms with E-state index in [-0.39, 0.29) is 17.5 Å². The first-order chi connectivity index (χ1) is 16.1. The molecule has 1 unspecified atom stereocenters. The fraction of sp³-hybridized carbons (Fsp3) is 0.320. The van der Waals surface area contributed by atoms with Crippen LogP contribution in [0, 0.1) is 6.92 Å². The van der Waals surface area contributed by atoms with Crippen LogP contribution in [0.25, 0.3) is 0 Å². The molecule has 1 fully saturated rings. The van der Waals surface area contributed by atoms with Crippen LogP contribution in [-0.2, 0) is 6.54 Å². The van der Waals surface area contributed by atoms with Crippen LogP contribution >= 0.6 is 0 Å². The van der Waals surface area contributed by atoms with Crippen molar-refractivity contribution in [3.8, 4) is 5.75 Å². The molecule has 0 radical (unpaired) electrons. The van der Waals surface area contributed by atoms with Crippen molar-refractivity contribution in [2.45, 2.75) is 19.5 Å². The van der Waals surface area contributed by atoms with Crippen LogP contribution in [0.2, 0.25) is 0 Å². The molecule has 2 aliphatic heterocycles. The summed E-state index contributed by atoms with van der Waals surface area (Å²) in [6.45, 7) is 5.92. The van der Waals surface area contributed by atoms with Crippen LogP contribution in [-0.4, -0.2) is 53.8 Å². The van der Waals surface area contributed by atoms with E-state index in [0.717, 1.165) is 18.8 Å². The molecule has 5 rings (SSSR count). The largest absolute Gasteiger partial charge is 0.491 e. The topological polar surface area (TPSA) is 90.6 Å². The molecule has 0 bridgehead atoms. The van der Waals surface area contributed by atoms with Crippen molar-refractivity contribution >= 4 is 11.6 Å². The maximum Gasteiger partial charge on any atom is 0.269 e. The van der Waals surface area contributed by atoms with Gasteiger partial charge in [-0.3, -0.25) is 9.59 Å². The predicted molar refractivity (Wildman–Crippen MR) is 126 cm³/mol. The second kappa shape index (κ2) is 9.07. The zero-order chi connectivity index (χ0) is 22.8. The van der Waals surface area contributed by atoms with Gasteiger partial charge in [0.2, 0.25) is 0 Å². The Balaban J connectivity index is 1.38. The fourth-order valence-electron chi connectivity index (χ4n) is 4.58. The number of piperazine rings is 1. The van der Waals surface area contributed by atoms with E-state index in [2.05, 4.69) is 32.5 Å². The van der Waals surface area contributed by atoms with Crippen molar-refractivity contribution in [3.05, 3.63) is 87.3 Å². The van der Waals surface area contributed by atoms with Gasteiger partial charge < -0.3 is 19.9 Å². The monoisotopic (exact) mass is 445 g/mol. The molecule has 8 nitrogen and oxygen atoms in total. The van der Waals surface area contributed by atoms with Crippen molar-refractivity contribution in [3.63, 3.8) is 0 Å². The van der Waals surface area contributed by atoms with Gasteiger partial charge in [-0.05, 0) is 36.2 Å². The Morgan fingerprint density at radius 3 is 2.82 bits per heavy atom. The highest BCUT2D eigenvalue weighted by Crippen LogP contribution is 2.38. The highest BCUT2D eigenvalue weighted by molar-refractivity contribution is 5.94. The minimum atomic E-state index is -0.192. The molecular formula is C25H27N5O3. The van der Waals surface area contributed by atoms with Gasteiger partial charge in [-0.1, -0.05) is 30.3 Å². The molecule has 3 heterocycles. The molecule has 1 amide bonds. The van der Waals surface area contributed by atoms with Gasteiger partial charge in [0.25, 0.3) is 11.5 Å². The van der Waals surface area contributed by atoms with E-state index >= 15 is 0 Å². The van der Waals surface area contributed by atoms with Crippen LogP contribution in [0.4, 0.5) is 5.69 Å². The molecule has 2 N–H and O–H groups in total. The number of hydrogen-bond donors (Lipinski definition) is 2. The van der Waals surface area contributed by atoms with Crippen LogP contribution in [0.1, 0.15) is 33.1 Å². The number of nitrogens with zero attached hydrogens (tertiary/aromatic N) is 3. The molecule has 1 saturated heterocycles. The van der Waals surface area contributed by atoms with Gasteiger partial charge in [0, 0.05) is 43.9 Å². The number of aromatic amines is 1. The average molecular weight is 446 g/mol. The van der Waals surface area contributed by atoms with Crippen LogP contribution < -0.4 is 20.5 Å². The smallest absolute Gasteiger partial charge is 0.269 e. The van der Waals surface area contributed by atoms with Gasteiger partial charge in [0.1, 0.15) is 12.4 Å². The number of carbonyl (C=O) groups excluding carboxylic acids is 1. The van der Waals surface area contributed by atoms with E-state index in [1.165, 1.54) is 11.1 Å². The molecule has 3 aromatic rings. The third-order valence-electron chi connectivity index (χ3n) is 6.41. The summed E-state index contributed by atoms with van der Waals surface area (Å²) in [6.07, 6.45) is 1.70. The summed E-state index contributed by atoms with van der Waals surface area (Å²) >= 11 is 0. The molecule has 170 valence electrons. The zero-order valence-corrected chi connectivity index (χ0v) is 18.6. The van der Waals surface area contributed by atoms with Crippen molar-refractivity contribution < 1.29 is 9.53 Å². The van der Waals surface area contributed by atoms with Crippen molar-refractivity contribution in [2.75, 3.05) is 37.7 Å². The van der Waals surface area contributed by atoms with Crippen molar-refractivity contribution in [1.82, 2.24) is 20.4 Å². The highest BCUT2D eigenvalue weighted by atomic mass is 16.5. The number of anilines is 1. The number of benzene rings is 2. The lowest BCUT2D eigenvalue weighted by molar-refractivity contribution is 0.0735. The Morgan fingerprint density at radius 1 is 1.15 bits per heavy atom. The second-order valence-electron chi connectivity index (χ2n) is 8.43. The molecule has 2 aliphatic rings. The summed E-state index contributed by atoms with van der Waals surface area (Å²) in [5, 5.41) is 9.78. The SMILES string of the molecule is Cc1c(N2Cc3ccccc3C2COc2cccc(C(=O)N3CCNCC3)c2)cn[nH]c1=O. The molecule has 33 heavy (non-hydrogen) atoms. The average Bonchev–Trinajstić information content (AvgIpc) is 3.23. The molecular weight excluding hydrogens is 418 g/mol. The quantitative estimate of drug-likeness (QED) is 0.626. The van der Waals surface area contributed by atoms with E-state index in [9.17, 15) is 9.59 Å². The van der Waals surface area contributed by atoms with Crippen LogP contribution in [0.3, 0.4) is 0 Å². The second-order valence-corrected chi connectivity index (χ2v) is 8.43. The van der Waals surface area contributed by atoms with E-state index in [4.69, 9.17) is 4.74 Å². The Bertz CT molecular complexity index is 1220. The van der Waals surface area contributed by atoms with Crippen LogP contribution in [0.5, 0.6) is 5.75 Å². The number of aromatic nitrogens is 2. The first-order valence-electron chi connectivity index (χ1n) is 11.2. The number of H-pyrrole nitrogens is 1. The molecule has 2 aromatic carbocycles. The molecule has 0 spiro atoms. The number of rotatable bonds is 5. The number of hydrogen-bond acceptors (Lipinski definition) is 6. The lowest BCUT2D eigenvalue weighted by atomic mass is 10.1. The van der Waals surface area contributed by atoms with E-state index in [0.29, 0.717) is 43.1 Å². The first-order valence-corrected chi connectivity index (χ1v) is 11.2. The number of amides is 1. The summed E-state index contributed by atoms with van der Waals surface area (Å²) in [7, 11) is 0. The van der Waals surface area contributed by atoms with Crippen molar-refractivity contribution in [2.24, 2.45) is 0 Å². The molecule has 8 heteroatoms. The van der Waals surface area contributed by atoms with Gasteiger partial charge in [0.15, 0.2) is 0 Å². The third-order valence-corrected chi connectivity index (χ3v) is 6.41. The zero-order valence-electron chi connectivity index (χ0n) is 18.6. The lowest BCUT2D eigenvalue weighted by Crippen LogP contribution is -2.46. The molecule has 0 aliphatic carbocycles. The van der Waals surface area contributed by atoms with Crippen LogP contribution in [0.15, 0.2) is 59.5 Å². The number of ether oxygens (including phenoxy) is 1. The van der Waals surface area contributed by atoms with Gasteiger partial charge in [-0.25, -0.2) is 5.10 Å². The Labute approximate surface area is 192 Å². The van der Waals surface area contributed by atoms with Crippen molar-refractivity contribution in [1.29, 1.82) is 0 Å². The number of nitrogens with one attached hydrogen (secondary N) is 2. The van der Waals surface area contributed by atoms with E-state index in [1.54, 1.807) is 6.20 Å². The fourth-order valence-corrected chi connectivity index (χ4v) is 4.58. The van der Waals surface area contributed by atoms with Gasteiger partial charge in [-0.2, -0.15) is 5.10 Å². The standard InChI is InChI=1S/C25H27N5O3/c1-17-22(14-27-28-24(17)31)30-15-19-5-2-3-8-21(19)23(30)16-33-20-7-4-6-18(13-20)25(32)29-11-9-26-10-12-29/h2-8,13-14,23,26H,9-12,15-16H2,1H3,(H,28,31). The van der Waals surface area contributed by atoms with Gasteiger partial charge in [0.05, 0.1) is 17.9 Å². The predicted octanol–water partition coefficient (Wildman–Crippen LogP) is 2.26. The van der Waals surface area contributed by atoms with E-state index < -0.39 is 0 Å². The maximum atomic E-state index is 12.9. The minimum absolute atomic E-state index is 0.0278. The summed E-state index contributed by atoms with van der Waals surface area (Å²) in [5.74, 6) is 0.682. The Morgan fingerprint density at radius 2 is 1.97 bits per heavy atom. The molecule has 1 atom stereocenters. The Hall–Kier alpha value is -3.65. The van der Waals surface area contributed by atoms with E-state index in [1.807, 2.05) is 48.2 Å². The summed E-state index contributed by atoms with van der Waals surface area (Å²) in [6, 6.07) is 15.6. The molecule has 0 saturated carbocycles. The minimum Gasteiger partial charge on any atom is -0.491 e. The summed E-state index contributed by atoms with van der Waals surface area (Å²) in [5.41, 5.74) is 4.24. The number of carbonyl (C=O) groups is 1. The number of fused-ring (bicyclic) bond motifs is 1. The highest BCUT2D eigenvalue weighted by Gasteiger charge is 2.32. The summed E-state index contributed by atoms with van der Waals surface area (Å²) < 4.78 is 6.22. The normalized spacial score (nSPS) is 17.7. The lowest BCUT2D eigenvalue weighted by Gasteiger charge is -2.28. The summed E-state index contributed by atoms with van der Waals surface area (Å²) in [4.78, 5) is 29.1. The molecule has 1 aromatic heterocycles. The van der Waals surface area contributed by atoms with Gasteiger partial charge in [-0.15, -0.1) is 0 Å².